The third-order valence-electron chi connectivity index (χ3n) is 10.2. The van der Waals surface area contributed by atoms with Gasteiger partial charge in [-0.15, -0.1) is 0 Å². The van der Waals surface area contributed by atoms with E-state index in [0.29, 0.717) is 18.2 Å². The molecule has 2 fully saturated rings. The van der Waals surface area contributed by atoms with Crippen molar-refractivity contribution in [1.82, 2.24) is 0 Å². The summed E-state index contributed by atoms with van der Waals surface area (Å²) in [6.45, 7) is -5.23. The zero-order valence-electron chi connectivity index (χ0n) is 50.1. The maximum atomic E-state index is 13.1. The van der Waals surface area contributed by atoms with Crippen LogP contribution >= 0.6 is 0 Å². The zero-order chi connectivity index (χ0) is 85.3. The molecule has 618 valence electrons. The molecule has 0 nitrogen and oxygen atoms in total. The largest absolute Gasteiger partial charge is 0.459 e. The average molecular weight is 1670 g/mol. The molecule has 0 heterocycles. The number of hydrogen-bond acceptors (Lipinski definition) is 0. The first-order chi connectivity index (χ1) is 47.4. The van der Waals surface area contributed by atoms with E-state index in [1.807, 2.05) is 0 Å². The molecule has 5 aromatic carbocycles. The summed E-state index contributed by atoms with van der Waals surface area (Å²) in [7, 11) is 0. The van der Waals surface area contributed by atoms with Crippen molar-refractivity contribution in [3.63, 3.8) is 0 Å². The molecule has 0 radical (unpaired) electrons. The monoisotopic (exact) mass is 1670 g/mol. The van der Waals surface area contributed by atoms with Crippen molar-refractivity contribution in [3.05, 3.63) is 154 Å². The predicted octanol–water partition coefficient (Wildman–Crippen LogP) is 25.7. The second kappa shape index (κ2) is 47.5. The van der Waals surface area contributed by atoms with Crippen LogP contribution in [0.3, 0.4) is 0 Å². The van der Waals surface area contributed by atoms with Gasteiger partial charge >= 0.3 is 56.1 Å². The molecular formula is C54H38F52. The van der Waals surface area contributed by atoms with Crippen molar-refractivity contribution < 1.29 is 228 Å². The van der Waals surface area contributed by atoms with Crippen LogP contribution in [0.25, 0.3) is 10.8 Å². The van der Waals surface area contributed by atoms with Crippen LogP contribution in [0, 0.1) is 75.7 Å². The Balaban J connectivity index is -0.000000358. The number of fused-ring (bicyclic) bond motifs is 1. The normalized spacial score (nSPS) is 19.4. The highest BCUT2D eigenvalue weighted by molar-refractivity contribution is 5.85. The summed E-state index contributed by atoms with van der Waals surface area (Å²) in [5, 5.41) is -3.07. The average Bonchev–Trinajstić information content (AvgIpc) is 0.753. The summed E-state index contributed by atoms with van der Waals surface area (Å²) >= 11 is 0. The van der Waals surface area contributed by atoms with Gasteiger partial charge in [0.25, 0.3) is 12.9 Å². The molecule has 52 heteroatoms. The fourth-order valence-corrected chi connectivity index (χ4v) is 5.79. The maximum absolute atomic E-state index is 13.1. The number of benzene rings is 5. The van der Waals surface area contributed by atoms with E-state index in [9.17, 15) is 228 Å². The van der Waals surface area contributed by atoms with E-state index in [0.717, 1.165) is 18.2 Å². The van der Waals surface area contributed by atoms with Gasteiger partial charge in [-0.1, -0.05) is 36.4 Å². The Morgan fingerprint density at radius 2 is 0.613 bits per heavy atom. The molecule has 8 unspecified atom stereocenters. The van der Waals surface area contributed by atoms with Gasteiger partial charge in [0.15, 0.2) is 53.4 Å². The van der Waals surface area contributed by atoms with Crippen LogP contribution in [0.4, 0.5) is 228 Å². The highest BCUT2D eigenvalue weighted by atomic mass is 19.5. The summed E-state index contributed by atoms with van der Waals surface area (Å²) in [5.74, 6) is -29.4. The van der Waals surface area contributed by atoms with Crippen LogP contribution in [0.15, 0.2) is 78.9 Å². The minimum absolute atomic E-state index is 0.0858. The number of halogens is 52. The topological polar surface area (TPSA) is 0 Å². The van der Waals surface area contributed by atoms with Crippen LogP contribution in [-0.4, -0.2) is 125 Å². The van der Waals surface area contributed by atoms with Gasteiger partial charge in [0.2, 0.25) is 12.8 Å². The molecule has 2 saturated carbocycles. The molecular weight excluding hydrogens is 1640 g/mol. The molecule has 106 heavy (non-hydrogen) atoms. The summed E-state index contributed by atoms with van der Waals surface area (Å²) in [5.41, 5.74) is -0.602. The molecule has 8 atom stereocenters. The molecule has 0 saturated heterocycles. The smallest absolute Gasteiger partial charge is 0.244 e. The Morgan fingerprint density at radius 1 is 0.340 bits per heavy atom. The van der Waals surface area contributed by atoms with E-state index in [-0.39, 0.29) is 13.0 Å². The van der Waals surface area contributed by atoms with Crippen LogP contribution in [0.5, 0.6) is 0 Å². The molecule has 2 aliphatic rings. The van der Waals surface area contributed by atoms with Gasteiger partial charge in [-0.05, 0) is 12.1 Å². The lowest BCUT2D eigenvalue weighted by Gasteiger charge is -2.28. The lowest BCUT2D eigenvalue weighted by Crippen LogP contribution is -2.47. The minimum Gasteiger partial charge on any atom is -0.244 e. The Labute approximate surface area is 556 Å². The highest BCUT2D eigenvalue weighted by Crippen LogP contribution is 2.49. The fraction of sp³-hybridized carbons (Fsp3) is 0.481. The van der Waals surface area contributed by atoms with Gasteiger partial charge in [-0.2, -0.15) is 101 Å². The van der Waals surface area contributed by atoms with E-state index >= 15 is 0 Å². The summed E-state index contributed by atoms with van der Waals surface area (Å²) in [6, 6.07) is 12.7. The second-order valence-corrected chi connectivity index (χ2v) is 18.5. The standard InChI is InChI=1S/C10HF7.C7H5F3.C6H7F5.C6H8F4.C6H3F3.C6H4F2.C4HF9.C3HF7.C2H2F4.C2H3F3.CHF3.CH2F2/c11-2-1-3(12)6(13)5-4(2)7(14)9(16)10(17)8(5)15;8-7(9,10)6-4-2-1-3-5-6;7-2-1-3(8)5(10)6(11)4(2)9;7-3-1-4(8)6(10)2-5(3)9;7-4-1-5(8)3-6(9)2-4;7-5-2-1-3-6(8)4-5;5-2(6,7)1(3(8,9)10)4(11,12)13;4-1(5)2(6,7)3(8,9)10;3-1(4)2(5)6;1-2(3,4)5;2-1(3)4;2-1-3/h1H;1-5H;2-6H,1H2;3-6H,1-2H2;1-3H;1-4H;1H;1H;1-2H;1H3;1H;1H2. The van der Waals surface area contributed by atoms with Crippen molar-refractivity contribution in [3.8, 4) is 0 Å². The lowest BCUT2D eigenvalue weighted by atomic mass is 9.92. The zero-order valence-corrected chi connectivity index (χ0v) is 50.1. The van der Waals surface area contributed by atoms with E-state index < -0.39 is 243 Å². The SMILES string of the molecule is CC(F)(F)F.FC(F)(F)C(C(F)(F)F)C(F)(F)F.FC(F)(F)c1ccccc1.FC(F)C(F)(F)C(F)(F)F.FC(F)C(F)F.FC(F)F.FC1CC(F)C(F)C(F)C1F.FC1CC(F)C(F)CC1F.FCF.Fc1cc(F)c2c(F)c(F)c(F)c(F)c2c1F.Fc1cc(F)cc(F)c1.Fc1cccc(F)c1. The number of alkyl halides is 40. The molecule has 0 aliphatic heterocycles. The molecule has 0 bridgehead atoms. The number of hydrogen-bond donors (Lipinski definition) is 0. The Kier molecular flexibility index (Phi) is 48.1. The van der Waals surface area contributed by atoms with Gasteiger partial charge in [0.05, 0.1) is 16.3 Å². The first-order valence-electron chi connectivity index (χ1n) is 25.7. The third kappa shape index (κ3) is 44.1. The van der Waals surface area contributed by atoms with Crippen molar-refractivity contribution in [2.45, 2.75) is 151 Å². The van der Waals surface area contributed by atoms with Gasteiger partial charge < -0.3 is 0 Å². The molecule has 5 aromatic rings. The Hall–Kier alpha value is -7.28. The van der Waals surface area contributed by atoms with Crippen molar-refractivity contribution >= 4 is 10.8 Å². The molecule has 0 N–H and O–H groups in total. The van der Waals surface area contributed by atoms with Crippen LogP contribution in [0.2, 0.25) is 0 Å². The predicted molar refractivity (Wildman–Crippen MR) is 262 cm³/mol. The fourth-order valence-electron chi connectivity index (χ4n) is 5.79. The third-order valence-corrected chi connectivity index (χ3v) is 10.2. The summed E-state index contributed by atoms with van der Waals surface area (Å²) in [4.78, 5) is 0. The van der Waals surface area contributed by atoms with Gasteiger partial charge in [-0.3, -0.25) is 0 Å². The Morgan fingerprint density at radius 3 is 0.821 bits per heavy atom. The Bertz CT molecular complexity index is 3010. The summed E-state index contributed by atoms with van der Waals surface area (Å²) in [6.07, 6.45) is -66.7. The van der Waals surface area contributed by atoms with E-state index in [4.69, 9.17) is 0 Å². The van der Waals surface area contributed by atoms with Crippen LogP contribution in [-0.2, 0) is 6.18 Å². The molecule has 2 aliphatic carbocycles. The van der Waals surface area contributed by atoms with E-state index in [2.05, 4.69) is 0 Å². The van der Waals surface area contributed by atoms with Crippen molar-refractivity contribution in [1.29, 1.82) is 0 Å². The molecule has 0 amide bonds. The van der Waals surface area contributed by atoms with Crippen LogP contribution < -0.4 is 0 Å². The van der Waals surface area contributed by atoms with Gasteiger partial charge in [0.1, 0.15) is 71.9 Å². The van der Waals surface area contributed by atoms with Crippen molar-refractivity contribution in [2.24, 2.45) is 5.92 Å². The first kappa shape index (κ1) is 107. The molecule has 7 rings (SSSR count). The summed E-state index contributed by atoms with van der Waals surface area (Å²) < 4.78 is 595. The van der Waals surface area contributed by atoms with Crippen LogP contribution in [0.1, 0.15) is 31.7 Å². The maximum Gasteiger partial charge on any atom is 0.459 e. The molecule has 0 spiro atoms. The van der Waals surface area contributed by atoms with Gasteiger partial charge in [-0.25, -0.2) is 127 Å². The van der Waals surface area contributed by atoms with Gasteiger partial charge in [0, 0.05) is 56.5 Å². The van der Waals surface area contributed by atoms with E-state index in [1.54, 1.807) is 6.07 Å². The quantitative estimate of drug-likeness (QED) is 0.0939. The van der Waals surface area contributed by atoms with E-state index in [1.165, 1.54) is 30.3 Å². The highest BCUT2D eigenvalue weighted by Gasteiger charge is 2.70. The second-order valence-electron chi connectivity index (χ2n) is 18.5. The molecule has 0 aromatic heterocycles. The number of rotatable bonds is 2. The van der Waals surface area contributed by atoms with Crippen molar-refractivity contribution in [2.75, 3.05) is 6.93 Å². The minimum atomic E-state index is -6.36. The lowest BCUT2D eigenvalue weighted by molar-refractivity contribution is -0.366. The first-order valence-corrected chi connectivity index (χ1v) is 25.7.